The standard InChI is InChI=1S/C26H28FN7O5.C21H19FN6O4/c1-15(2)24(28)25(35)37-14-18-10-23(31-39-18)22-6-3-16(11-29-22)20-5-4-17(9-21(20)27)34-13-19(38-26(34)36)12-33-8-7-30-32-33;22-18-7-14(28-11-16(31-21(28)30)10-27-6-5-24-26-27)2-3-17(18)13-1-4-19(23-9-13)20-8-15(12-29)32-25-20/h3-9,11,15,18-19,24H,10,12-14,28H2,1-2H3;1-7,9,15-16,29H,8,10-12H2/t18-,19-,24-;15-,16-/m00/s1. The molecule has 6 aromatic rings. The number of hydrogen-bond acceptors (Lipinski definition) is 18. The number of esters is 1. The summed E-state index contributed by atoms with van der Waals surface area (Å²) in [6, 6.07) is 15.4. The van der Waals surface area contributed by atoms with Crippen LogP contribution in [0.2, 0.25) is 0 Å². The number of aliphatic hydroxyl groups is 1. The second-order valence-corrected chi connectivity index (χ2v) is 17.2. The number of aromatic nitrogens is 8. The number of pyridine rings is 2. The van der Waals surface area contributed by atoms with Gasteiger partial charge in [0.2, 0.25) is 0 Å². The highest BCUT2D eigenvalue weighted by molar-refractivity contribution is 6.00. The van der Waals surface area contributed by atoms with Crippen LogP contribution >= 0.6 is 0 Å². The van der Waals surface area contributed by atoms with E-state index in [1.54, 1.807) is 95.1 Å². The molecule has 368 valence electrons. The van der Waals surface area contributed by atoms with E-state index in [2.05, 4.69) is 40.9 Å². The number of ether oxygens (including phenoxy) is 3. The van der Waals surface area contributed by atoms with Crippen LogP contribution in [-0.4, -0.2) is 131 Å². The molecule has 2 saturated heterocycles. The van der Waals surface area contributed by atoms with E-state index in [0.717, 1.165) is 0 Å². The molecule has 0 aliphatic carbocycles. The Balaban J connectivity index is 0.000000179. The summed E-state index contributed by atoms with van der Waals surface area (Å²) in [5.41, 5.74) is 10.9. The number of carbonyl (C=O) groups excluding carboxylic acids is 3. The van der Waals surface area contributed by atoms with Crippen molar-refractivity contribution in [2.24, 2.45) is 22.0 Å². The lowest BCUT2D eigenvalue weighted by Crippen LogP contribution is -2.38. The fraction of sp³-hybridized carbons (Fsp3) is 0.340. The fourth-order valence-electron chi connectivity index (χ4n) is 7.88. The molecule has 2 aromatic carbocycles. The van der Waals surface area contributed by atoms with Crippen molar-refractivity contribution in [2.45, 2.75) is 70.2 Å². The largest absolute Gasteiger partial charge is 0.460 e. The summed E-state index contributed by atoms with van der Waals surface area (Å²) in [6.07, 6.45) is 7.73. The van der Waals surface area contributed by atoms with Crippen molar-refractivity contribution in [1.82, 2.24) is 40.0 Å². The molecule has 0 saturated carbocycles. The lowest BCUT2D eigenvalue weighted by atomic mass is 10.0. The summed E-state index contributed by atoms with van der Waals surface area (Å²) in [7, 11) is 0. The van der Waals surface area contributed by atoms with Gasteiger partial charge in [-0.1, -0.05) is 46.7 Å². The number of amides is 2. The molecule has 71 heavy (non-hydrogen) atoms. The minimum Gasteiger partial charge on any atom is -0.460 e. The van der Waals surface area contributed by atoms with Gasteiger partial charge >= 0.3 is 18.2 Å². The van der Waals surface area contributed by atoms with Gasteiger partial charge in [-0.15, -0.1) is 10.2 Å². The number of halogens is 2. The summed E-state index contributed by atoms with van der Waals surface area (Å²) in [5.74, 6) is -1.49. The average molecular weight is 976 g/mol. The van der Waals surface area contributed by atoms with Gasteiger partial charge in [0.05, 0.1) is 67.9 Å². The van der Waals surface area contributed by atoms with Gasteiger partial charge in [0.15, 0.2) is 12.2 Å². The average Bonchev–Trinajstić information content (AvgIpc) is 4.25. The first-order valence-corrected chi connectivity index (χ1v) is 22.5. The van der Waals surface area contributed by atoms with Crippen LogP contribution in [0.15, 0.2) is 108 Å². The quantitative estimate of drug-likeness (QED) is 0.106. The van der Waals surface area contributed by atoms with Crippen LogP contribution in [0, 0.1) is 17.6 Å². The molecule has 10 rings (SSSR count). The number of hydrogen-bond donors (Lipinski definition) is 2. The molecule has 4 aliphatic rings. The number of aliphatic hydroxyl groups excluding tert-OH is 1. The van der Waals surface area contributed by atoms with Crippen molar-refractivity contribution in [3.05, 3.63) is 121 Å². The van der Waals surface area contributed by atoms with E-state index in [1.165, 1.54) is 21.9 Å². The maximum absolute atomic E-state index is 15.1. The molecule has 24 heteroatoms. The molecular formula is C47H47F2N13O9. The molecule has 0 unspecified atom stereocenters. The van der Waals surface area contributed by atoms with E-state index in [0.29, 0.717) is 82.4 Å². The van der Waals surface area contributed by atoms with Crippen molar-refractivity contribution in [3.8, 4) is 22.3 Å². The highest BCUT2D eigenvalue weighted by Crippen LogP contribution is 2.32. The Morgan fingerprint density at radius 2 is 1.23 bits per heavy atom. The van der Waals surface area contributed by atoms with E-state index >= 15 is 4.39 Å². The predicted octanol–water partition coefficient (Wildman–Crippen LogP) is 4.51. The molecule has 0 bridgehead atoms. The first-order chi connectivity index (χ1) is 34.4. The Bertz CT molecular complexity index is 2910. The minimum atomic E-state index is -0.693. The lowest BCUT2D eigenvalue weighted by Gasteiger charge is -2.15. The molecule has 0 spiro atoms. The smallest absolute Gasteiger partial charge is 0.414 e. The van der Waals surface area contributed by atoms with Gasteiger partial charge in [0.25, 0.3) is 0 Å². The number of nitrogens with two attached hydrogens (primary N) is 1. The fourth-order valence-corrected chi connectivity index (χ4v) is 7.88. The first kappa shape index (κ1) is 47.8. The van der Waals surface area contributed by atoms with Crippen LogP contribution in [0.3, 0.4) is 0 Å². The Labute approximate surface area is 403 Å². The number of rotatable bonds is 15. The molecular weight excluding hydrogens is 929 g/mol. The van der Waals surface area contributed by atoms with Crippen LogP contribution in [0.25, 0.3) is 22.3 Å². The van der Waals surface area contributed by atoms with Gasteiger partial charge < -0.3 is 34.7 Å². The maximum atomic E-state index is 15.1. The van der Waals surface area contributed by atoms with E-state index < -0.39 is 54.1 Å². The van der Waals surface area contributed by atoms with Crippen LogP contribution < -0.4 is 15.5 Å². The molecule has 2 amide bonds. The second kappa shape index (κ2) is 21.2. The topological polar surface area (TPSA) is 262 Å². The summed E-state index contributed by atoms with van der Waals surface area (Å²) < 4.78 is 49.2. The van der Waals surface area contributed by atoms with Crippen molar-refractivity contribution in [3.63, 3.8) is 0 Å². The number of carbonyl (C=O) groups is 3. The van der Waals surface area contributed by atoms with E-state index in [-0.39, 0.29) is 38.3 Å². The molecule has 4 aromatic heterocycles. The summed E-state index contributed by atoms with van der Waals surface area (Å²) in [4.78, 5) is 58.6. The Morgan fingerprint density at radius 1 is 0.732 bits per heavy atom. The van der Waals surface area contributed by atoms with Crippen molar-refractivity contribution < 1.29 is 52.2 Å². The Hall–Kier alpha value is -8.25. The minimum absolute atomic E-state index is 0.0299. The van der Waals surface area contributed by atoms with Crippen molar-refractivity contribution >= 4 is 41.0 Å². The second-order valence-electron chi connectivity index (χ2n) is 17.2. The zero-order valence-electron chi connectivity index (χ0n) is 38.3. The monoisotopic (exact) mass is 975 g/mol. The summed E-state index contributed by atoms with van der Waals surface area (Å²) >= 11 is 0. The third kappa shape index (κ3) is 11.1. The number of anilines is 2. The van der Waals surface area contributed by atoms with E-state index in [9.17, 15) is 18.8 Å². The highest BCUT2D eigenvalue weighted by Gasteiger charge is 2.35. The van der Waals surface area contributed by atoms with Gasteiger partial charge in [0.1, 0.15) is 47.9 Å². The van der Waals surface area contributed by atoms with Crippen LogP contribution in [0.1, 0.15) is 38.1 Å². The van der Waals surface area contributed by atoms with Gasteiger partial charge in [-0.05, 0) is 54.4 Å². The van der Waals surface area contributed by atoms with Crippen LogP contribution in [0.5, 0.6) is 0 Å². The van der Waals surface area contributed by atoms with Crippen molar-refractivity contribution in [1.29, 1.82) is 0 Å². The summed E-state index contributed by atoms with van der Waals surface area (Å²) in [6.45, 7) is 4.88. The maximum Gasteiger partial charge on any atom is 0.414 e. The number of nitrogens with zero attached hydrogens (tertiary/aromatic N) is 12. The van der Waals surface area contributed by atoms with E-state index in [4.69, 9.17) is 34.7 Å². The lowest BCUT2D eigenvalue weighted by molar-refractivity contribution is -0.149. The van der Waals surface area contributed by atoms with Gasteiger partial charge in [-0.2, -0.15) is 0 Å². The van der Waals surface area contributed by atoms with E-state index in [1.807, 2.05) is 13.8 Å². The number of benzene rings is 2. The highest BCUT2D eigenvalue weighted by atomic mass is 19.1. The molecule has 5 atom stereocenters. The van der Waals surface area contributed by atoms with Crippen molar-refractivity contribution in [2.75, 3.05) is 36.1 Å². The van der Waals surface area contributed by atoms with Gasteiger partial charge in [-0.3, -0.25) is 24.6 Å². The zero-order chi connectivity index (χ0) is 49.6. The van der Waals surface area contributed by atoms with Crippen LogP contribution in [0.4, 0.5) is 29.7 Å². The third-order valence-corrected chi connectivity index (χ3v) is 11.8. The third-order valence-electron chi connectivity index (χ3n) is 11.8. The van der Waals surface area contributed by atoms with Crippen LogP contribution in [-0.2, 0) is 41.8 Å². The summed E-state index contributed by atoms with van der Waals surface area (Å²) in [5, 5.41) is 32.3. The SMILES string of the molecule is CC(C)[C@H](N)C(=O)OC[C@@H]1CC(c2ccc(-c3ccc(N4C[C@H](Cn5ccnn5)OC4=O)cc3F)cn2)=NO1.O=C1O[C@@H](Cn2ccnn2)CN1c1ccc(-c2ccc(C3=NO[C@H](CO)C3)nc2)c(F)c1. The number of cyclic esters (lactones) is 2. The first-order valence-electron chi connectivity index (χ1n) is 22.5. The molecule has 0 radical (unpaired) electrons. The normalized spacial score (nSPS) is 19.9. The number of oxime groups is 2. The molecule has 4 aliphatic heterocycles. The zero-order valence-corrected chi connectivity index (χ0v) is 38.3. The Morgan fingerprint density at radius 3 is 1.63 bits per heavy atom. The molecule has 22 nitrogen and oxygen atoms in total. The Kier molecular flexibility index (Phi) is 14.3. The predicted molar refractivity (Wildman–Crippen MR) is 247 cm³/mol. The van der Waals surface area contributed by atoms with Gasteiger partial charge in [0, 0.05) is 59.9 Å². The molecule has 2 fully saturated rings. The molecule has 8 heterocycles. The van der Waals surface area contributed by atoms with Gasteiger partial charge in [-0.25, -0.2) is 27.7 Å². The molecule has 3 N–H and O–H groups in total.